The maximum absolute atomic E-state index is 15.0. The van der Waals surface area contributed by atoms with Crippen molar-refractivity contribution in [3.63, 3.8) is 0 Å². The van der Waals surface area contributed by atoms with Gasteiger partial charge >= 0.3 is 6.09 Å². The van der Waals surface area contributed by atoms with E-state index < -0.39 is 32.1 Å². The fourth-order valence-corrected chi connectivity index (χ4v) is 4.69. The molecule has 0 unspecified atom stereocenters. The van der Waals surface area contributed by atoms with E-state index in [-0.39, 0.29) is 27.8 Å². The van der Waals surface area contributed by atoms with Crippen LogP contribution in [0.3, 0.4) is 0 Å². The van der Waals surface area contributed by atoms with E-state index in [0.29, 0.717) is 11.0 Å². The van der Waals surface area contributed by atoms with Crippen molar-refractivity contribution < 1.29 is 31.8 Å². The van der Waals surface area contributed by atoms with Crippen LogP contribution < -0.4 is 14.8 Å². The van der Waals surface area contributed by atoms with Crippen molar-refractivity contribution in [1.29, 1.82) is 0 Å². The second kappa shape index (κ2) is 9.03. The highest BCUT2D eigenvalue weighted by molar-refractivity contribution is 7.92. The average Bonchev–Trinajstić information content (AvgIpc) is 3.13. The fraction of sp³-hybridized carbons (Fsp3) is 0.417. The molecule has 1 amide bonds. The number of fused-ring (bicyclic) bond motifs is 1. The molecule has 0 aliphatic heterocycles. The molecule has 3 aromatic rings. The Kier molecular flexibility index (Phi) is 6.78. The lowest BCUT2D eigenvalue weighted by Gasteiger charge is -2.21. The van der Waals surface area contributed by atoms with Crippen molar-refractivity contribution in [2.75, 3.05) is 19.5 Å². The highest BCUT2D eigenvalue weighted by Gasteiger charge is 2.34. The molecule has 11 heteroatoms. The first-order valence-corrected chi connectivity index (χ1v) is 12.2. The Labute approximate surface area is 204 Å². The quantitative estimate of drug-likeness (QED) is 0.512. The van der Waals surface area contributed by atoms with Crippen LogP contribution in [0, 0.1) is 5.82 Å². The summed E-state index contributed by atoms with van der Waals surface area (Å²) < 4.78 is 57.6. The number of benzene rings is 2. The average molecular weight is 508 g/mol. The Morgan fingerprint density at radius 1 is 1.03 bits per heavy atom. The first-order valence-electron chi connectivity index (χ1n) is 10.8. The third-order valence-corrected chi connectivity index (χ3v) is 7.59. The van der Waals surface area contributed by atoms with Gasteiger partial charge in [-0.05, 0) is 53.7 Å². The lowest BCUT2D eigenvalue weighted by atomic mass is 10.2. The van der Waals surface area contributed by atoms with Crippen LogP contribution in [0.15, 0.2) is 35.5 Å². The minimum absolute atomic E-state index is 0.0113. The molecule has 0 atom stereocenters. The van der Waals surface area contributed by atoms with Gasteiger partial charge in [0.1, 0.15) is 22.6 Å². The molecule has 3 rings (SSSR count). The van der Waals surface area contributed by atoms with E-state index >= 15 is 0 Å². The number of amides is 1. The SMILES string of the molecule is COc1cc2ncn(-c3cc(F)c(OC)c(NC(=O)OC(C)(C)C)c3)c2cc1S(=O)(=O)C(C)(C)C. The van der Waals surface area contributed by atoms with Gasteiger partial charge in [0.2, 0.25) is 0 Å². The van der Waals surface area contributed by atoms with Crippen LogP contribution in [-0.2, 0) is 14.6 Å². The van der Waals surface area contributed by atoms with Crippen molar-refractivity contribution in [1.82, 2.24) is 9.55 Å². The summed E-state index contributed by atoms with van der Waals surface area (Å²) in [5, 5.41) is 2.51. The zero-order chi connectivity index (χ0) is 26.3. The topological polar surface area (TPSA) is 109 Å². The van der Waals surface area contributed by atoms with Crippen LogP contribution in [0.2, 0.25) is 0 Å². The van der Waals surface area contributed by atoms with Crippen molar-refractivity contribution in [2.45, 2.75) is 56.8 Å². The number of hydrogen-bond acceptors (Lipinski definition) is 7. The highest BCUT2D eigenvalue weighted by Crippen LogP contribution is 2.37. The summed E-state index contributed by atoms with van der Waals surface area (Å²) in [6.45, 7) is 9.89. The summed E-state index contributed by atoms with van der Waals surface area (Å²) in [5.74, 6) is -0.762. The number of carbonyl (C=O) groups is 1. The predicted octanol–water partition coefficient (Wildman–Crippen LogP) is 5.10. The highest BCUT2D eigenvalue weighted by atomic mass is 32.2. The lowest BCUT2D eigenvalue weighted by molar-refractivity contribution is 0.0635. The number of anilines is 1. The Bertz CT molecular complexity index is 1380. The smallest absolute Gasteiger partial charge is 0.412 e. The Morgan fingerprint density at radius 2 is 1.69 bits per heavy atom. The number of nitrogens with zero attached hydrogens (tertiary/aromatic N) is 2. The summed E-state index contributed by atoms with van der Waals surface area (Å²) in [5.41, 5.74) is 0.395. The number of halogens is 1. The number of hydrogen-bond donors (Lipinski definition) is 1. The number of methoxy groups -OCH3 is 2. The lowest BCUT2D eigenvalue weighted by Crippen LogP contribution is -2.28. The molecule has 0 aliphatic rings. The maximum atomic E-state index is 15.0. The van der Waals surface area contributed by atoms with Crippen molar-refractivity contribution in [3.8, 4) is 17.2 Å². The molecule has 1 N–H and O–H groups in total. The van der Waals surface area contributed by atoms with E-state index in [1.165, 1.54) is 49.4 Å². The van der Waals surface area contributed by atoms with Gasteiger partial charge in [-0.25, -0.2) is 22.6 Å². The molecule has 0 saturated carbocycles. The molecule has 0 aliphatic carbocycles. The van der Waals surface area contributed by atoms with Crippen LogP contribution in [0.25, 0.3) is 16.7 Å². The first-order chi connectivity index (χ1) is 16.1. The number of aromatic nitrogens is 2. The van der Waals surface area contributed by atoms with Gasteiger partial charge in [-0.3, -0.25) is 9.88 Å². The summed E-state index contributed by atoms with van der Waals surface area (Å²) in [6, 6.07) is 5.65. The Morgan fingerprint density at radius 3 is 2.23 bits per heavy atom. The molecular formula is C24H30FN3O6S. The van der Waals surface area contributed by atoms with E-state index in [0.717, 1.165) is 0 Å². The standard InChI is InChI=1S/C24H30FN3O6S/c1-23(2,3)34-22(29)27-17-10-14(9-15(25)21(17)33-8)28-13-26-16-11-19(32-7)20(12-18(16)28)35(30,31)24(4,5)6/h9-13H,1-8H3,(H,27,29). The molecule has 0 spiro atoms. The van der Waals surface area contributed by atoms with Crippen LogP contribution in [0.5, 0.6) is 11.5 Å². The predicted molar refractivity (Wildman–Crippen MR) is 131 cm³/mol. The van der Waals surface area contributed by atoms with Gasteiger partial charge in [0, 0.05) is 12.1 Å². The maximum Gasteiger partial charge on any atom is 0.412 e. The van der Waals surface area contributed by atoms with E-state index in [1.807, 2.05) is 0 Å². The molecule has 190 valence electrons. The van der Waals surface area contributed by atoms with E-state index in [4.69, 9.17) is 14.2 Å². The number of nitrogens with one attached hydrogen (secondary N) is 1. The number of carbonyl (C=O) groups excluding carboxylic acids is 1. The first kappa shape index (κ1) is 26.3. The molecule has 35 heavy (non-hydrogen) atoms. The molecular weight excluding hydrogens is 477 g/mol. The van der Waals surface area contributed by atoms with Crippen LogP contribution in [-0.4, -0.2) is 48.6 Å². The van der Waals surface area contributed by atoms with Gasteiger partial charge in [-0.1, -0.05) is 0 Å². The van der Waals surface area contributed by atoms with E-state index in [2.05, 4.69) is 10.3 Å². The number of rotatable bonds is 5. The third-order valence-electron chi connectivity index (χ3n) is 5.07. The summed E-state index contributed by atoms with van der Waals surface area (Å²) in [7, 11) is -1.12. The second-order valence-electron chi connectivity index (χ2n) is 9.86. The van der Waals surface area contributed by atoms with Crippen molar-refractivity contribution in [2.24, 2.45) is 0 Å². The molecule has 1 heterocycles. The second-order valence-corrected chi connectivity index (χ2v) is 12.5. The zero-order valence-corrected chi connectivity index (χ0v) is 21.8. The largest absolute Gasteiger partial charge is 0.495 e. The molecule has 0 saturated heterocycles. The van der Waals surface area contributed by atoms with Crippen molar-refractivity contribution >= 4 is 32.7 Å². The summed E-state index contributed by atoms with van der Waals surface area (Å²) >= 11 is 0. The number of imidazole rings is 1. The van der Waals surface area contributed by atoms with Gasteiger partial charge < -0.3 is 14.2 Å². The Balaban J connectivity index is 2.20. The monoisotopic (exact) mass is 507 g/mol. The molecule has 1 aromatic heterocycles. The summed E-state index contributed by atoms with van der Waals surface area (Å²) in [4.78, 5) is 16.6. The Hall–Kier alpha value is -3.34. The van der Waals surface area contributed by atoms with Gasteiger partial charge in [-0.15, -0.1) is 0 Å². The van der Waals surface area contributed by atoms with Crippen LogP contribution in [0.1, 0.15) is 41.5 Å². The minimum atomic E-state index is -3.78. The van der Waals surface area contributed by atoms with Gasteiger partial charge in [-0.2, -0.15) is 0 Å². The third kappa shape index (κ3) is 5.19. The zero-order valence-electron chi connectivity index (χ0n) is 21.0. The van der Waals surface area contributed by atoms with Crippen LogP contribution in [0.4, 0.5) is 14.9 Å². The van der Waals surface area contributed by atoms with E-state index in [1.54, 1.807) is 41.5 Å². The molecule has 9 nitrogen and oxygen atoms in total. The van der Waals surface area contributed by atoms with Crippen molar-refractivity contribution in [3.05, 3.63) is 36.4 Å². The molecule has 0 radical (unpaired) electrons. The minimum Gasteiger partial charge on any atom is -0.495 e. The van der Waals surface area contributed by atoms with Gasteiger partial charge in [0.25, 0.3) is 0 Å². The number of sulfone groups is 1. The van der Waals surface area contributed by atoms with Crippen LogP contribution >= 0.6 is 0 Å². The van der Waals surface area contributed by atoms with Gasteiger partial charge in [0.05, 0.1) is 41.4 Å². The number of ether oxygens (including phenoxy) is 3. The normalized spacial score (nSPS) is 12.5. The molecule has 0 bridgehead atoms. The molecule has 0 fully saturated rings. The summed E-state index contributed by atoms with van der Waals surface area (Å²) in [6.07, 6.45) is 0.641. The molecule has 2 aromatic carbocycles. The fourth-order valence-electron chi connectivity index (χ4n) is 3.35. The van der Waals surface area contributed by atoms with Gasteiger partial charge in [0.15, 0.2) is 21.4 Å². The van der Waals surface area contributed by atoms with E-state index in [9.17, 15) is 17.6 Å².